The predicted octanol–water partition coefficient (Wildman–Crippen LogP) is 2.76. The molecule has 24 heavy (non-hydrogen) atoms. The van der Waals surface area contributed by atoms with E-state index in [1.807, 2.05) is 29.2 Å². The van der Waals surface area contributed by atoms with E-state index in [0.717, 1.165) is 37.8 Å². The van der Waals surface area contributed by atoms with Gasteiger partial charge in [-0.2, -0.15) is 0 Å². The van der Waals surface area contributed by atoms with Crippen molar-refractivity contribution in [3.63, 3.8) is 0 Å². The molecule has 4 nitrogen and oxygen atoms in total. The zero-order chi connectivity index (χ0) is 16.7. The van der Waals surface area contributed by atoms with E-state index in [4.69, 9.17) is 16.3 Å². The van der Waals surface area contributed by atoms with Crippen LogP contribution in [0.2, 0.25) is 5.02 Å². The maximum Gasteiger partial charge on any atom is 0.233 e. The molecule has 130 valence electrons. The fraction of sp³-hybridized carbons (Fsp3) is 0.632. The first kappa shape index (κ1) is 16.4. The minimum atomic E-state index is -0.395. The van der Waals surface area contributed by atoms with Crippen LogP contribution in [0.3, 0.4) is 0 Å². The number of ether oxygens (including phenoxy) is 1. The summed E-state index contributed by atoms with van der Waals surface area (Å²) in [5, 5.41) is 11.0. The number of rotatable bonds is 3. The normalized spacial score (nSPS) is 31.9. The molecule has 1 aromatic rings. The third-order valence-corrected chi connectivity index (χ3v) is 6.19. The summed E-state index contributed by atoms with van der Waals surface area (Å²) in [6.07, 6.45) is 4.05. The van der Waals surface area contributed by atoms with E-state index in [1.54, 1.807) is 0 Å². The zero-order valence-electron chi connectivity index (χ0n) is 13.8. The summed E-state index contributed by atoms with van der Waals surface area (Å²) in [7, 11) is 0. The third-order valence-electron chi connectivity index (χ3n) is 5.95. The van der Waals surface area contributed by atoms with Crippen molar-refractivity contribution in [2.45, 2.75) is 49.7 Å². The second-order valence-electron chi connectivity index (χ2n) is 7.40. The Bertz CT molecular complexity index is 631. The highest BCUT2D eigenvalue weighted by Gasteiger charge is 2.55. The number of carbonyl (C=O) groups is 1. The molecule has 1 N–H and O–H groups in total. The van der Waals surface area contributed by atoms with Crippen molar-refractivity contribution in [2.75, 3.05) is 19.8 Å². The topological polar surface area (TPSA) is 49.8 Å². The van der Waals surface area contributed by atoms with Crippen molar-refractivity contribution >= 4 is 17.5 Å². The summed E-state index contributed by atoms with van der Waals surface area (Å²) in [5.74, 6) is 0.255. The molecule has 1 saturated carbocycles. The smallest absolute Gasteiger partial charge is 0.233 e. The maximum absolute atomic E-state index is 13.4. The molecular weight excluding hydrogens is 326 g/mol. The van der Waals surface area contributed by atoms with Gasteiger partial charge in [0, 0.05) is 30.1 Å². The minimum Gasteiger partial charge on any atom is -0.393 e. The summed E-state index contributed by atoms with van der Waals surface area (Å²) in [6, 6.07) is 7.81. The molecule has 2 saturated heterocycles. The molecule has 3 fully saturated rings. The van der Waals surface area contributed by atoms with Gasteiger partial charge in [0.2, 0.25) is 5.91 Å². The van der Waals surface area contributed by atoms with Gasteiger partial charge in [0.15, 0.2) is 0 Å². The lowest BCUT2D eigenvalue weighted by Gasteiger charge is -2.38. The van der Waals surface area contributed by atoms with E-state index in [9.17, 15) is 9.90 Å². The number of benzene rings is 1. The summed E-state index contributed by atoms with van der Waals surface area (Å²) in [4.78, 5) is 15.4. The van der Waals surface area contributed by atoms with Crippen molar-refractivity contribution in [1.82, 2.24) is 4.90 Å². The number of hydrogen-bond acceptors (Lipinski definition) is 3. The Morgan fingerprint density at radius 1 is 1.33 bits per heavy atom. The van der Waals surface area contributed by atoms with E-state index in [1.165, 1.54) is 0 Å². The predicted molar refractivity (Wildman–Crippen MR) is 92.0 cm³/mol. The first-order chi connectivity index (χ1) is 11.6. The molecule has 0 aromatic heterocycles. The molecule has 3 atom stereocenters. The lowest BCUT2D eigenvalue weighted by Crippen LogP contribution is -2.50. The van der Waals surface area contributed by atoms with Gasteiger partial charge >= 0.3 is 0 Å². The fourth-order valence-corrected chi connectivity index (χ4v) is 4.61. The molecule has 3 aliphatic rings. The summed E-state index contributed by atoms with van der Waals surface area (Å²) >= 11 is 6.14. The number of aliphatic hydroxyl groups excluding tert-OH is 1. The highest BCUT2D eigenvalue weighted by molar-refractivity contribution is 6.30. The Hall–Kier alpha value is -1.10. The largest absolute Gasteiger partial charge is 0.393 e. The Kier molecular flexibility index (Phi) is 4.31. The minimum absolute atomic E-state index is 0.0420. The molecule has 5 heteroatoms. The maximum atomic E-state index is 13.4. The van der Waals surface area contributed by atoms with Crippen LogP contribution < -0.4 is 0 Å². The lowest BCUT2D eigenvalue weighted by molar-refractivity contribution is -0.139. The van der Waals surface area contributed by atoms with Crippen LogP contribution >= 0.6 is 11.6 Å². The standard InChI is InChI=1S/C19H24ClNO3/c20-14-4-1-3-13(11-14)19(7-8-19)18(23)21-9-2-5-16(21)15-12-24-10-6-17(15)22/h1,3-4,11,15-17,22H,2,5-10,12H2/t15-,16-,17+/m1/s1. The molecule has 1 aromatic carbocycles. The Morgan fingerprint density at radius 2 is 2.17 bits per heavy atom. The molecule has 2 heterocycles. The van der Waals surface area contributed by atoms with E-state index in [2.05, 4.69) is 0 Å². The monoisotopic (exact) mass is 349 g/mol. The molecule has 2 aliphatic heterocycles. The van der Waals surface area contributed by atoms with Gasteiger partial charge in [-0.15, -0.1) is 0 Å². The number of hydrogen-bond donors (Lipinski definition) is 1. The molecule has 0 spiro atoms. The van der Waals surface area contributed by atoms with Crippen molar-refractivity contribution in [2.24, 2.45) is 5.92 Å². The molecule has 0 bridgehead atoms. The van der Waals surface area contributed by atoms with Gasteiger partial charge in [-0.1, -0.05) is 23.7 Å². The lowest BCUT2D eigenvalue weighted by atomic mass is 9.87. The number of amides is 1. The summed E-state index contributed by atoms with van der Waals surface area (Å²) in [5.41, 5.74) is 0.639. The Morgan fingerprint density at radius 3 is 2.88 bits per heavy atom. The Balaban J connectivity index is 1.57. The van der Waals surface area contributed by atoms with E-state index in [0.29, 0.717) is 24.7 Å². The number of aliphatic hydroxyl groups is 1. The van der Waals surface area contributed by atoms with Crippen LogP contribution in [0.25, 0.3) is 0 Å². The quantitative estimate of drug-likeness (QED) is 0.912. The van der Waals surface area contributed by atoms with Crippen LogP contribution in [-0.2, 0) is 14.9 Å². The summed E-state index contributed by atoms with van der Waals surface area (Å²) < 4.78 is 5.58. The second-order valence-corrected chi connectivity index (χ2v) is 7.83. The summed E-state index contributed by atoms with van der Waals surface area (Å²) in [6.45, 7) is 1.96. The van der Waals surface area contributed by atoms with Gasteiger partial charge in [-0.25, -0.2) is 0 Å². The average Bonchev–Trinajstić information content (AvgIpc) is 3.26. The van der Waals surface area contributed by atoms with E-state index < -0.39 is 5.41 Å². The highest BCUT2D eigenvalue weighted by atomic mass is 35.5. The Labute approximate surface area is 147 Å². The molecule has 0 radical (unpaired) electrons. The van der Waals surface area contributed by atoms with Crippen LogP contribution in [0.4, 0.5) is 0 Å². The van der Waals surface area contributed by atoms with Gasteiger partial charge in [-0.05, 0) is 49.8 Å². The van der Waals surface area contributed by atoms with Crippen molar-refractivity contribution in [3.05, 3.63) is 34.9 Å². The van der Waals surface area contributed by atoms with Gasteiger partial charge in [0.25, 0.3) is 0 Å². The van der Waals surface area contributed by atoms with Gasteiger partial charge in [0.1, 0.15) is 0 Å². The zero-order valence-corrected chi connectivity index (χ0v) is 14.5. The number of likely N-dealkylation sites (tertiary alicyclic amines) is 1. The van der Waals surface area contributed by atoms with Crippen LogP contribution in [0.1, 0.15) is 37.7 Å². The molecule has 1 amide bonds. The van der Waals surface area contributed by atoms with Crippen LogP contribution in [0.5, 0.6) is 0 Å². The molecule has 1 aliphatic carbocycles. The van der Waals surface area contributed by atoms with Crippen molar-refractivity contribution in [1.29, 1.82) is 0 Å². The molecule has 0 unspecified atom stereocenters. The first-order valence-electron chi connectivity index (χ1n) is 8.95. The average molecular weight is 350 g/mol. The first-order valence-corrected chi connectivity index (χ1v) is 9.32. The van der Waals surface area contributed by atoms with E-state index in [-0.39, 0.29) is 24.0 Å². The van der Waals surface area contributed by atoms with Gasteiger partial charge in [-0.3, -0.25) is 4.79 Å². The number of halogens is 1. The van der Waals surface area contributed by atoms with Crippen molar-refractivity contribution in [3.8, 4) is 0 Å². The van der Waals surface area contributed by atoms with Gasteiger partial charge in [0.05, 0.1) is 18.1 Å². The highest BCUT2D eigenvalue weighted by Crippen LogP contribution is 2.51. The SMILES string of the molecule is O=C(N1CCC[C@@H]1[C@H]1COCC[C@@H]1O)C1(c2cccc(Cl)c2)CC1. The molecular formula is C19H24ClNO3. The van der Waals surface area contributed by atoms with E-state index >= 15 is 0 Å². The second kappa shape index (κ2) is 6.32. The van der Waals surface area contributed by atoms with Crippen LogP contribution in [0, 0.1) is 5.92 Å². The fourth-order valence-electron chi connectivity index (χ4n) is 4.42. The number of nitrogens with zero attached hydrogens (tertiary/aromatic N) is 1. The van der Waals surface area contributed by atoms with Gasteiger partial charge < -0.3 is 14.7 Å². The van der Waals surface area contributed by atoms with Crippen LogP contribution in [-0.4, -0.2) is 47.8 Å². The van der Waals surface area contributed by atoms with Crippen LogP contribution in [0.15, 0.2) is 24.3 Å². The molecule has 4 rings (SSSR count). The van der Waals surface area contributed by atoms with Crippen molar-refractivity contribution < 1.29 is 14.6 Å². The third kappa shape index (κ3) is 2.75. The number of carbonyl (C=O) groups excluding carboxylic acids is 1.